The van der Waals surface area contributed by atoms with Gasteiger partial charge in [-0.15, -0.1) is 0 Å². The van der Waals surface area contributed by atoms with Gasteiger partial charge in [0, 0.05) is 12.8 Å². The van der Waals surface area contributed by atoms with Crippen LogP contribution in [-0.2, 0) is 16.1 Å². The molecule has 1 aliphatic rings. The van der Waals surface area contributed by atoms with Crippen molar-refractivity contribution in [2.24, 2.45) is 0 Å². The quantitative estimate of drug-likeness (QED) is 0.742. The number of anilines is 1. The van der Waals surface area contributed by atoms with E-state index in [1.807, 2.05) is 6.92 Å². The van der Waals surface area contributed by atoms with Crippen molar-refractivity contribution in [3.05, 3.63) is 12.3 Å². The number of nitrogens with two attached hydrogens (primary N) is 1. The number of nitrogens with zero attached hydrogens (tertiary/aromatic N) is 2. The molecule has 88 valence electrons. The fourth-order valence-corrected chi connectivity index (χ4v) is 1.75. The monoisotopic (exact) mass is 224 g/mol. The summed E-state index contributed by atoms with van der Waals surface area (Å²) in [6.45, 7) is 3.44. The van der Waals surface area contributed by atoms with Crippen molar-refractivity contribution >= 4 is 11.7 Å². The standard InChI is InChI=1S/C10H16N4O2/c1-10(3-5-16-7-10)12-9(15)6-14-4-2-8(11)13-14/h2,4H,3,5-7H2,1H3,(H2,11,13)(H,12,15). The minimum atomic E-state index is -0.240. The van der Waals surface area contributed by atoms with Crippen molar-refractivity contribution in [3.8, 4) is 0 Å². The minimum Gasteiger partial charge on any atom is -0.382 e. The Morgan fingerprint density at radius 2 is 2.62 bits per heavy atom. The maximum atomic E-state index is 11.7. The van der Waals surface area contributed by atoms with Gasteiger partial charge in [0.15, 0.2) is 0 Å². The second-order valence-electron chi connectivity index (χ2n) is 4.35. The molecule has 1 saturated heterocycles. The number of nitrogen functional groups attached to an aromatic ring is 1. The van der Waals surface area contributed by atoms with Crippen LogP contribution in [0, 0.1) is 0 Å². The molecular formula is C10H16N4O2. The maximum Gasteiger partial charge on any atom is 0.242 e. The number of carbonyl (C=O) groups is 1. The third-order valence-corrected chi connectivity index (χ3v) is 2.63. The summed E-state index contributed by atoms with van der Waals surface area (Å²) in [5.74, 6) is 0.347. The van der Waals surface area contributed by atoms with Gasteiger partial charge in [0.2, 0.25) is 5.91 Å². The van der Waals surface area contributed by atoms with Crippen LogP contribution in [0.1, 0.15) is 13.3 Å². The summed E-state index contributed by atoms with van der Waals surface area (Å²) in [5, 5.41) is 6.90. The number of rotatable bonds is 3. The molecule has 2 heterocycles. The normalized spacial score (nSPS) is 24.6. The predicted octanol–water partition coefficient (Wildman–Crippen LogP) is -0.240. The average molecular weight is 224 g/mol. The molecule has 3 N–H and O–H groups in total. The molecule has 0 saturated carbocycles. The lowest BCUT2D eigenvalue weighted by molar-refractivity contribution is -0.123. The van der Waals surface area contributed by atoms with E-state index in [4.69, 9.17) is 10.5 Å². The molecule has 6 nitrogen and oxygen atoms in total. The first-order valence-electron chi connectivity index (χ1n) is 5.25. The zero-order chi connectivity index (χ0) is 11.6. The molecule has 1 aromatic rings. The van der Waals surface area contributed by atoms with Crippen molar-refractivity contribution in [1.29, 1.82) is 0 Å². The van der Waals surface area contributed by atoms with Crippen LogP contribution in [0.25, 0.3) is 0 Å². The van der Waals surface area contributed by atoms with Crippen LogP contribution in [0.4, 0.5) is 5.82 Å². The number of nitrogens with one attached hydrogen (secondary N) is 1. The number of aromatic nitrogens is 2. The van der Waals surface area contributed by atoms with Crippen LogP contribution in [-0.4, -0.2) is 34.4 Å². The molecule has 0 radical (unpaired) electrons. The first kappa shape index (κ1) is 10.9. The van der Waals surface area contributed by atoms with Gasteiger partial charge >= 0.3 is 0 Å². The van der Waals surface area contributed by atoms with Gasteiger partial charge in [0.25, 0.3) is 0 Å². The second kappa shape index (κ2) is 4.13. The zero-order valence-electron chi connectivity index (χ0n) is 9.27. The van der Waals surface area contributed by atoms with Gasteiger partial charge in [-0.05, 0) is 19.4 Å². The zero-order valence-corrected chi connectivity index (χ0v) is 9.27. The van der Waals surface area contributed by atoms with E-state index in [9.17, 15) is 4.79 Å². The summed E-state index contributed by atoms with van der Waals surface area (Å²) in [6, 6.07) is 1.66. The van der Waals surface area contributed by atoms with Crippen molar-refractivity contribution in [2.45, 2.75) is 25.4 Å². The van der Waals surface area contributed by atoms with E-state index in [0.29, 0.717) is 19.0 Å². The first-order chi connectivity index (χ1) is 7.57. The molecule has 0 spiro atoms. The third-order valence-electron chi connectivity index (χ3n) is 2.63. The summed E-state index contributed by atoms with van der Waals surface area (Å²) >= 11 is 0. The smallest absolute Gasteiger partial charge is 0.242 e. The number of hydrogen-bond acceptors (Lipinski definition) is 4. The highest BCUT2D eigenvalue weighted by Crippen LogP contribution is 2.17. The summed E-state index contributed by atoms with van der Waals surface area (Å²) in [4.78, 5) is 11.7. The Bertz CT molecular complexity index is 382. The van der Waals surface area contributed by atoms with Crippen molar-refractivity contribution in [2.75, 3.05) is 18.9 Å². The van der Waals surface area contributed by atoms with Gasteiger partial charge in [0.1, 0.15) is 12.4 Å². The van der Waals surface area contributed by atoms with Crippen molar-refractivity contribution < 1.29 is 9.53 Å². The Labute approximate surface area is 93.8 Å². The fourth-order valence-electron chi connectivity index (χ4n) is 1.75. The molecule has 0 aromatic carbocycles. The summed E-state index contributed by atoms with van der Waals surface area (Å²) in [5.41, 5.74) is 5.22. The van der Waals surface area contributed by atoms with E-state index in [0.717, 1.165) is 6.42 Å². The van der Waals surface area contributed by atoms with Crippen molar-refractivity contribution in [3.63, 3.8) is 0 Å². The van der Waals surface area contributed by atoms with E-state index < -0.39 is 0 Å². The Morgan fingerprint density at radius 3 is 3.19 bits per heavy atom. The molecule has 0 bridgehead atoms. The number of carbonyl (C=O) groups excluding carboxylic acids is 1. The van der Waals surface area contributed by atoms with Gasteiger partial charge in [0.05, 0.1) is 12.1 Å². The first-order valence-corrected chi connectivity index (χ1v) is 5.25. The Kier molecular flexibility index (Phi) is 2.82. The topological polar surface area (TPSA) is 82.2 Å². The molecule has 0 aliphatic carbocycles. The Morgan fingerprint density at radius 1 is 1.81 bits per heavy atom. The molecule has 1 atom stereocenters. The van der Waals surface area contributed by atoms with E-state index >= 15 is 0 Å². The van der Waals surface area contributed by atoms with Crippen LogP contribution in [0.5, 0.6) is 0 Å². The number of hydrogen-bond donors (Lipinski definition) is 2. The molecule has 16 heavy (non-hydrogen) atoms. The van der Waals surface area contributed by atoms with Crippen LogP contribution < -0.4 is 11.1 Å². The van der Waals surface area contributed by atoms with Crippen LogP contribution in [0.3, 0.4) is 0 Å². The molecule has 1 amide bonds. The molecule has 1 unspecified atom stereocenters. The highest BCUT2D eigenvalue weighted by Gasteiger charge is 2.31. The highest BCUT2D eigenvalue weighted by molar-refractivity contribution is 5.76. The largest absolute Gasteiger partial charge is 0.382 e. The number of amides is 1. The molecule has 6 heteroatoms. The second-order valence-corrected chi connectivity index (χ2v) is 4.35. The average Bonchev–Trinajstić information content (AvgIpc) is 2.75. The van der Waals surface area contributed by atoms with Crippen molar-refractivity contribution in [1.82, 2.24) is 15.1 Å². The molecular weight excluding hydrogens is 208 g/mol. The van der Waals surface area contributed by atoms with Gasteiger partial charge in [-0.25, -0.2) is 0 Å². The maximum absolute atomic E-state index is 11.7. The van der Waals surface area contributed by atoms with Gasteiger partial charge in [-0.3, -0.25) is 9.48 Å². The van der Waals surface area contributed by atoms with Crippen LogP contribution in [0.2, 0.25) is 0 Å². The van der Waals surface area contributed by atoms with Gasteiger partial charge in [-0.2, -0.15) is 5.10 Å². The molecule has 1 aromatic heterocycles. The SMILES string of the molecule is CC1(NC(=O)Cn2ccc(N)n2)CCOC1. The lowest BCUT2D eigenvalue weighted by atomic mass is 10.0. The predicted molar refractivity (Wildman–Crippen MR) is 58.6 cm³/mol. The fraction of sp³-hybridized carbons (Fsp3) is 0.600. The van der Waals surface area contributed by atoms with E-state index in [1.54, 1.807) is 12.3 Å². The lowest BCUT2D eigenvalue weighted by Crippen LogP contribution is -2.47. The van der Waals surface area contributed by atoms with E-state index in [2.05, 4.69) is 10.4 Å². The highest BCUT2D eigenvalue weighted by atomic mass is 16.5. The lowest BCUT2D eigenvalue weighted by Gasteiger charge is -2.23. The molecule has 2 rings (SSSR count). The Balaban J connectivity index is 1.89. The van der Waals surface area contributed by atoms with E-state index in [1.165, 1.54) is 4.68 Å². The summed E-state index contributed by atoms with van der Waals surface area (Å²) in [7, 11) is 0. The van der Waals surface area contributed by atoms with Gasteiger partial charge in [-0.1, -0.05) is 0 Å². The summed E-state index contributed by atoms with van der Waals surface area (Å²) in [6.07, 6.45) is 2.53. The van der Waals surface area contributed by atoms with Gasteiger partial charge < -0.3 is 15.8 Å². The van der Waals surface area contributed by atoms with Crippen LogP contribution in [0.15, 0.2) is 12.3 Å². The minimum absolute atomic E-state index is 0.0731. The number of ether oxygens (including phenoxy) is 1. The third kappa shape index (κ3) is 2.52. The molecule has 1 aliphatic heterocycles. The Hall–Kier alpha value is -1.56. The van der Waals surface area contributed by atoms with E-state index in [-0.39, 0.29) is 18.0 Å². The van der Waals surface area contributed by atoms with Crippen LogP contribution >= 0.6 is 0 Å². The summed E-state index contributed by atoms with van der Waals surface area (Å²) < 4.78 is 6.78. The molecule has 1 fully saturated rings.